The normalized spacial score (nSPS) is 19.5. The molecular weight excluding hydrogens is 497 g/mol. The summed E-state index contributed by atoms with van der Waals surface area (Å²) in [5.74, 6) is 2.29. The van der Waals surface area contributed by atoms with Gasteiger partial charge in [0.05, 0.1) is 21.4 Å². The first-order valence-corrected chi connectivity index (χ1v) is 12.8. The number of terminal acetylenes is 1. The van der Waals surface area contributed by atoms with Gasteiger partial charge in [-0.3, -0.25) is 15.0 Å². The molecule has 2 aromatic heterocycles. The third kappa shape index (κ3) is 5.39. The maximum Gasteiger partial charge on any atom is 0.402 e. The van der Waals surface area contributed by atoms with E-state index in [1.54, 1.807) is 25.4 Å². The van der Waals surface area contributed by atoms with Crippen molar-refractivity contribution in [2.45, 2.75) is 40.8 Å². The molecule has 3 heterocycles. The Morgan fingerprint density at radius 2 is 1.90 bits per heavy atom. The predicted octanol–water partition coefficient (Wildman–Crippen LogP) is 5.77. The first kappa shape index (κ1) is 27.9. The molecule has 3 aromatic rings. The fraction of sp³-hybridized carbons (Fsp3) is 0.312. The monoisotopic (exact) mass is 528 g/mol. The van der Waals surface area contributed by atoms with Crippen molar-refractivity contribution in [1.82, 2.24) is 9.55 Å². The highest BCUT2D eigenvalue weighted by Gasteiger charge is 2.43. The number of alkyl halides is 3. The van der Waals surface area contributed by atoms with Crippen LogP contribution in [0.5, 0.6) is 0 Å². The van der Waals surface area contributed by atoms with Crippen molar-refractivity contribution in [3.05, 3.63) is 87.2 Å². The highest BCUT2D eigenvalue weighted by atomic mass is 19.4. The van der Waals surface area contributed by atoms with Crippen molar-refractivity contribution in [3.8, 4) is 12.3 Å². The van der Waals surface area contributed by atoms with E-state index in [9.17, 15) is 13.2 Å². The van der Waals surface area contributed by atoms with Gasteiger partial charge in [0.2, 0.25) is 0 Å². The zero-order chi connectivity index (χ0) is 28.5. The lowest BCUT2D eigenvalue weighted by molar-refractivity contribution is -0.171. The van der Waals surface area contributed by atoms with Crippen molar-refractivity contribution < 1.29 is 13.2 Å². The topological polar surface area (TPSA) is 54.0 Å². The van der Waals surface area contributed by atoms with Gasteiger partial charge in [0.15, 0.2) is 0 Å². The van der Waals surface area contributed by atoms with E-state index >= 15 is 0 Å². The molecule has 1 aromatic carbocycles. The van der Waals surface area contributed by atoms with Crippen molar-refractivity contribution in [2.24, 2.45) is 28.7 Å². The second kappa shape index (κ2) is 10.9. The van der Waals surface area contributed by atoms with Crippen LogP contribution in [0.15, 0.2) is 65.4 Å². The van der Waals surface area contributed by atoms with Crippen LogP contribution in [0.3, 0.4) is 0 Å². The standard InChI is InChI=1S/C32H31F3N4/c1-7-27(32(33,34)35)22(5)21(4)16-24-11-13-28(38-18-24)30-26(17-36)25-12-10-19(2)15-29(25)39(30)31-23(6)20(3)9-8-14-37-31/h1,8-16,18,21-23,27,36H,2-6H3. The summed E-state index contributed by atoms with van der Waals surface area (Å²) in [5, 5.41) is 11.6. The summed E-state index contributed by atoms with van der Waals surface area (Å²) in [5.41, 5.74) is 3.12. The summed E-state index contributed by atoms with van der Waals surface area (Å²) in [4.78, 5) is 9.47. The number of fused-ring (bicyclic) bond motifs is 1. The number of nitrogens with zero attached hydrogens (tertiary/aromatic N) is 3. The molecule has 4 atom stereocenters. The zero-order valence-electron chi connectivity index (χ0n) is 22.6. The molecular formula is C32H31F3N4. The Kier molecular flexibility index (Phi) is 7.81. The lowest BCUT2D eigenvalue weighted by atomic mass is 9.83. The molecule has 4 nitrogen and oxygen atoms in total. The largest absolute Gasteiger partial charge is 0.402 e. The third-order valence-electron chi connectivity index (χ3n) is 7.57. The summed E-state index contributed by atoms with van der Waals surface area (Å²) in [7, 11) is 0. The van der Waals surface area contributed by atoms with Gasteiger partial charge in [-0.15, -0.1) is 6.42 Å². The van der Waals surface area contributed by atoms with Crippen LogP contribution in [-0.2, 0) is 0 Å². The highest BCUT2D eigenvalue weighted by Crippen LogP contribution is 2.35. The molecule has 0 spiro atoms. The number of pyridine rings is 1. The number of hydrogen-bond donors (Lipinski definition) is 1. The van der Waals surface area contributed by atoms with E-state index in [1.165, 1.54) is 6.92 Å². The quantitative estimate of drug-likeness (QED) is 0.341. The van der Waals surface area contributed by atoms with E-state index in [2.05, 4.69) is 25.8 Å². The first-order valence-electron chi connectivity index (χ1n) is 12.8. The van der Waals surface area contributed by atoms with Gasteiger partial charge < -0.3 is 0 Å². The summed E-state index contributed by atoms with van der Waals surface area (Å²) >= 11 is 0. The Hall–Kier alpha value is -4.14. The minimum absolute atomic E-state index is 0.00104. The number of allylic oxidation sites excluding steroid dienone is 3. The summed E-state index contributed by atoms with van der Waals surface area (Å²) in [6, 6.07) is 9.70. The average molecular weight is 529 g/mol. The van der Waals surface area contributed by atoms with E-state index in [0.29, 0.717) is 21.1 Å². The molecule has 0 aliphatic carbocycles. The molecule has 0 saturated heterocycles. The molecule has 1 N–H and O–H groups in total. The van der Waals surface area contributed by atoms with Crippen molar-refractivity contribution >= 4 is 28.7 Å². The van der Waals surface area contributed by atoms with E-state index in [1.807, 2.05) is 53.8 Å². The maximum absolute atomic E-state index is 13.4. The van der Waals surface area contributed by atoms with Gasteiger partial charge >= 0.3 is 6.18 Å². The number of hydrogen-bond acceptors (Lipinski definition) is 3. The molecule has 4 unspecified atom stereocenters. The van der Waals surface area contributed by atoms with Gasteiger partial charge in [-0.2, -0.15) is 13.2 Å². The van der Waals surface area contributed by atoms with Crippen LogP contribution in [0.4, 0.5) is 13.2 Å². The molecule has 1 aliphatic heterocycles. The molecule has 0 amide bonds. The van der Waals surface area contributed by atoms with E-state index < -0.39 is 23.9 Å². The minimum atomic E-state index is -4.45. The molecule has 0 saturated carbocycles. The Balaban J connectivity index is 1.98. The van der Waals surface area contributed by atoms with Crippen LogP contribution in [0.2, 0.25) is 0 Å². The molecule has 39 heavy (non-hydrogen) atoms. The Labute approximate surface area is 225 Å². The molecule has 0 bridgehead atoms. The zero-order valence-corrected chi connectivity index (χ0v) is 22.6. The molecule has 200 valence electrons. The first-order chi connectivity index (χ1) is 18.5. The lowest BCUT2D eigenvalue weighted by Crippen LogP contribution is -2.31. The van der Waals surface area contributed by atoms with E-state index in [-0.39, 0.29) is 5.92 Å². The van der Waals surface area contributed by atoms with E-state index in [4.69, 9.17) is 21.8 Å². The summed E-state index contributed by atoms with van der Waals surface area (Å²) in [6.45, 7) is 9.42. The second-order valence-electron chi connectivity index (χ2n) is 10.2. The Morgan fingerprint density at radius 1 is 1.15 bits per heavy atom. The number of aliphatic imine (C=N–C) groups is 1. The van der Waals surface area contributed by atoms with Crippen LogP contribution in [0, 0.1) is 59.0 Å². The Morgan fingerprint density at radius 3 is 2.51 bits per heavy atom. The molecule has 4 rings (SSSR count). The SMILES string of the molecule is C#CC(C(C)C(C)C=c1ccc(=c2c(=C=N)c3ccc(C)cc3n2C2=NC=CC=C(C)C2C)nc1)C(F)(F)F. The number of aryl methyl sites for hydroxylation is 1. The van der Waals surface area contributed by atoms with Gasteiger partial charge in [0.1, 0.15) is 11.8 Å². The van der Waals surface area contributed by atoms with Crippen LogP contribution in [0.25, 0.3) is 17.0 Å². The van der Waals surface area contributed by atoms with Gasteiger partial charge in [0.25, 0.3) is 0 Å². The van der Waals surface area contributed by atoms with Crippen molar-refractivity contribution in [2.75, 3.05) is 0 Å². The van der Waals surface area contributed by atoms with Crippen LogP contribution in [-0.4, -0.2) is 27.4 Å². The summed E-state index contributed by atoms with van der Waals surface area (Å²) in [6.07, 6.45) is 9.87. The predicted molar refractivity (Wildman–Crippen MR) is 151 cm³/mol. The fourth-order valence-corrected chi connectivity index (χ4v) is 4.98. The van der Waals surface area contributed by atoms with Crippen molar-refractivity contribution in [1.29, 1.82) is 5.41 Å². The van der Waals surface area contributed by atoms with Crippen molar-refractivity contribution in [3.63, 3.8) is 0 Å². The van der Waals surface area contributed by atoms with Crippen LogP contribution < -0.4 is 10.4 Å². The Bertz CT molecular complexity index is 1770. The average Bonchev–Trinajstić information content (AvgIpc) is 3.11. The molecule has 0 radical (unpaired) electrons. The molecule has 7 heteroatoms. The smallest absolute Gasteiger partial charge is 0.294 e. The van der Waals surface area contributed by atoms with Gasteiger partial charge in [-0.1, -0.05) is 62.6 Å². The highest BCUT2D eigenvalue weighted by molar-refractivity contribution is 5.99. The lowest BCUT2D eigenvalue weighted by Gasteiger charge is -2.25. The third-order valence-corrected chi connectivity index (χ3v) is 7.57. The van der Waals surface area contributed by atoms with Crippen LogP contribution >= 0.6 is 0 Å². The second-order valence-corrected chi connectivity index (χ2v) is 10.2. The number of aromatic nitrogens is 2. The number of halogens is 3. The number of rotatable bonds is 3. The molecule has 1 aliphatic rings. The van der Waals surface area contributed by atoms with Gasteiger partial charge in [-0.05, 0) is 60.5 Å². The van der Waals surface area contributed by atoms with E-state index in [0.717, 1.165) is 27.9 Å². The number of nitrogens with one attached hydrogen (secondary N) is 1. The minimum Gasteiger partial charge on any atom is -0.294 e. The van der Waals surface area contributed by atoms with Gasteiger partial charge in [-0.25, -0.2) is 4.99 Å². The number of benzene rings is 1. The van der Waals surface area contributed by atoms with Gasteiger partial charge in [0, 0.05) is 23.7 Å². The van der Waals surface area contributed by atoms with Crippen LogP contribution in [0.1, 0.15) is 33.3 Å². The maximum atomic E-state index is 13.4. The summed E-state index contributed by atoms with van der Waals surface area (Å²) < 4.78 is 42.1. The fourth-order valence-electron chi connectivity index (χ4n) is 4.98. The molecule has 0 fully saturated rings.